The van der Waals surface area contributed by atoms with Gasteiger partial charge in [-0.1, -0.05) is 24.3 Å². The Balaban J connectivity index is 2.00. The van der Waals surface area contributed by atoms with Crippen LogP contribution >= 0.6 is 0 Å². The summed E-state index contributed by atoms with van der Waals surface area (Å²) in [6.07, 6.45) is 0.103. The van der Waals surface area contributed by atoms with Gasteiger partial charge in [0.25, 0.3) is 0 Å². The number of amides is 2. The summed E-state index contributed by atoms with van der Waals surface area (Å²) in [5.41, 5.74) is 2.16. The van der Waals surface area contributed by atoms with E-state index in [1.807, 2.05) is 12.1 Å². The van der Waals surface area contributed by atoms with Gasteiger partial charge in [0.2, 0.25) is 11.8 Å². The van der Waals surface area contributed by atoms with E-state index in [2.05, 4.69) is 10.6 Å². The number of methoxy groups -OCH3 is 1. The third-order valence-electron chi connectivity index (χ3n) is 4.00. The van der Waals surface area contributed by atoms with Crippen molar-refractivity contribution in [1.29, 1.82) is 0 Å². The topological polar surface area (TPSA) is 67.4 Å². The molecule has 0 aliphatic carbocycles. The highest BCUT2D eigenvalue weighted by Crippen LogP contribution is 2.20. The van der Waals surface area contributed by atoms with Crippen LogP contribution in [0.25, 0.3) is 0 Å². The van der Waals surface area contributed by atoms with E-state index in [4.69, 9.17) is 4.74 Å². The Hall–Kier alpha value is -2.89. The molecule has 2 aromatic rings. The summed E-state index contributed by atoms with van der Waals surface area (Å²) in [4.78, 5) is 23.8. The van der Waals surface area contributed by atoms with E-state index in [1.165, 1.54) is 13.0 Å². The summed E-state index contributed by atoms with van der Waals surface area (Å²) in [6, 6.07) is 11.5. The van der Waals surface area contributed by atoms with E-state index in [0.29, 0.717) is 17.9 Å². The van der Waals surface area contributed by atoms with Crippen LogP contribution in [0, 0.1) is 12.7 Å². The van der Waals surface area contributed by atoms with Crippen molar-refractivity contribution in [2.24, 2.45) is 0 Å². The van der Waals surface area contributed by atoms with Crippen LogP contribution in [0.4, 0.5) is 4.39 Å². The molecular formula is C20H23FN2O3. The van der Waals surface area contributed by atoms with Gasteiger partial charge in [-0.3, -0.25) is 9.59 Å². The van der Waals surface area contributed by atoms with Crippen LogP contribution in [0.1, 0.15) is 36.1 Å². The second-order valence-corrected chi connectivity index (χ2v) is 6.09. The first-order valence-electron chi connectivity index (χ1n) is 8.32. The van der Waals surface area contributed by atoms with E-state index in [0.717, 1.165) is 11.1 Å². The number of carbonyl (C=O) groups excluding carboxylic acids is 2. The van der Waals surface area contributed by atoms with Crippen LogP contribution in [0.5, 0.6) is 5.75 Å². The van der Waals surface area contributed by atoms with Crippen LogP contribution in [0.15, 0.2) is 42.5 Å². The van der Waals surface area contributed by atoms with E-state index >= 15 is 0 Å². The Morgan fingerprint density at radius 2 is 1.85 bits per heavy atom. The summed E-state index contributed by atoms with van der Waals surface area (Å²) in [6.45, 7) is 3.39. The van der Waals surface area contributed by atoms with E-state index in [9.17, 15) is 14.0 Å². The van der Waals surface area contributed by atoms with Crippen molar-refractivity contribution in [2.75, 3.05) is 7.11 Å². The van der Waals surface area contributed by atoms with Crippen molar-refractivity contribution in [3.63, 3.8) is 0 Å². The molecule has 2 amide bonds. The SMILES string of the molecule is COc1ccc([C@H](CC(=O)NCc2ccc(F)c(C)c2)NC(C)=O)cc1. The lowest BCUT2D eigenvalue weighted by atomic mass is 10.0. The number of nitrogens with one attached hydrogen (secondary N) is 2. The largest absolute Gasteiger partial charge is 0.497 e. The van der Waals surface area contributed by atoms with Gasteiger partial charge in [0, 0.05) is 13.5 Å². The zero-order chi connectivity index (χ0) is 19.1. The van der Waals surface area contributed by atoms with E-state index in [-0.39, 0.29) is 24.1 Å². The molecular weight excluding hydrogens is 335 g/mol. The smallest absolute Gasteiger partial charge is 0.222 e. The molecule has 0 radical (unpaired) electrons. The number of hydrogen-bond donors (Lipinski definition) is 2. The van der Waals surface area contributed by atoms with Crippen LogP contribution in [0.3, 0.4) is 0 Å². The van der Waals surface area contributed by atoms with Gasteiger partial charge in [0.1, 0.15) is 11.6 Å². The van der Waals surface area contributed by atoms with E-state index in [1.54, 1.807) is 38.3 Å². The lowest BCUT2D eigenvalue weighted by Crippen LogP contribution is -2.32. The maximum atomic E-state index is 13.3. The Bertz CT molecular complexity index is 775. The summed E-state index contributed by atoms with van der Waals surface area (Å²) in [5, 5.41) is 5.59. The lowest BCUT2D eigenvalue weighted by molar-refractivity contribution is -0.122. The minimum atomic E-state index is -0.437. The van der Waals surface area contributed by atoms with Gasteiger partial charge in [-0.05, 0) is 41.8 Å². The van der Waals surface area contributed by atoms with Gasteiger partial charge in [-0.15, -0.1) is 0 Å². The van der Waals surface area contributed by atoms with Gasteiger partial charge >= 0.3 is 0 Å². The minimum absolute atomic E-state index is 0.103. The number of benzene rings is 2. The molecule has 5 nitrogen and oxygen atoms in total. The van der Waals surface area contributed by atoms with Gasteiger partial charge in [-0.2, -0.15) is 0 Å². The molecule has 2 rings (SSSR count). The van der Waals surface area contributed by atoms with Crippen molar-refractivity contribution < 1.29 is 18.7 Å². The zero-order valence-electron chi connectivity index (χ0n) is 15.1. The minimum Gasteiger partial charge on any atom is -0.497 e. The van der Waals surface area contributed by atoms with Gasteiger partial charge in [0.15, 0.2) is 0 Å². The first kappa shape index (κ1) is 19.4. The van der Waals surface area contributed by atoms with Gasteiger partial charge in [0.05, 0.1) is 19.6 Å². The molecule has 0 aliphatic rings. The summed E-state index contributed by atoms with van der Waals surface area (Å²) in [7, 11) is 1.57. The van der Waals surface area contributed by atoms with Crippen molar-refractivity contribution in [2.45, 2.75) is 32.9 Å². The zero-order valence-corrected chi connectivity index (χ0v) is 15.1. The Morgan fingerprint density at radius 3 is 2.42 bits per heavy atom. The standard InChI is InChI=1S/C20H23FN2O3/c1-13-10-15(4-9-18(13)21)12-22-20(25)11-19(23-14(2)24)16-5-7-17(26-3)8-6-16/h4-10,19H,11-12H2,1-3H3,(H,22,25)(H,23,24)/t19-/m0/s1. The number of halogens is 1. The molecule has 2 N–H and O–H groups in total. The molecule has 26 heavy (non-hydrogen) atoms. The fourth-order valence-electron chi connectivity index (χ4n) is 2.61. The highest BCUT2D eigenvalue weighted by atomic mass is 19.1. The number of carbonyl (C=O) groups is 2. The molecule has 0 saturated heterocycles. The van der Waals surface area contributed by atoms with Crippen molar-refractivity contribution in [3.8, 4) is 5.75 Å². The monoisotopic (exact) mass is 358 g/mol. The Labute approximate surface area is 152 Å². The molecule has 0 fully saturated rings. The molecule has 0 unspecified atom stereocenters. The average molecular weight is 358 g/mol. The molecule has 6 heteroatoms. The molecule has 0 saturated carbocycles. The fourth-order valence-corrected chi connectivity index (χ4v) is 2.61. The Morgan fingerprint density at radius 1 is 1.15 bits per heavy atom. The fraction of sp³-hybridized carbons (Fsp3) is 0.300. The molecule has 0 bridgehead atoms. The first-order valence-corrected chi connectivity index (χ1v) is 8.32. The van der Waals surface area contributed by atoms with Crippen molar-refractivity contribution in [3.05, 3.63) is 65.0 Å². The van der Waals surface area contributed by atoms with Crippen LogP contribution in [-0.2, 0) is 16.1 Å². The maximum absolute atomic E-state index is 13.3. The van der Waals surface area contributed by atoms with Gasteiger partial charge in [-0.25, -0.2) is 4.39 Å². The average Bonchev–Trinajstić information content (AvgIpc) is 2.62. The highest BCUT2D eigenvalue weighted by Gasteiger charge is 2.17. The maximum Gasteiger partial charge on any atom is 0.222 e. The lowest BCUT2D eigenvalue weighted by Gasteiger charge is -2.18. The third-order valence-corrected chi connectivity index (χ3v) is 4.00. The molecule has 0 aliphatic heterocycles. The van der Waals surface area contributed by atoms with Crippen LogP contribution in [-0.4, -0.2) is 18.9 Å². The third kappa shape index (κ3) is 5.58. The predicted octanol–water partition coefficient (Wildman–Crippen LogP) is 3.03. The molecule has 1 atom stereocenters. The quantitative estimate of drug-likeness (QED) is 0.799. The van der Waals surface area contributed by atoms with Crippen LogP contribution in [0.2, 0.25) is 0 Å². The van der Waals surface area contributed by atoms with Gasteiger partial charge < -0.3 is 15.4 Å². The normalized spacial score (nSPS) is 11.5. The molecule has 0 aromatic heterocycles. The van der Waals surface area contributed by atoms with Crippen molar-refractivity contribution >= 4 is 11.8 Å². The number of hydrogen-bond acceptors (Lipinski definition) is 3. The summed E-state index contributed by atoms with van der Waals surface area (Å²) in [5.74, 6) is 0.00563. The first-order chi connectivity index (χ1) is 12.4. The molecule has 0 heterocycles. The number of rotatable bonds is 7. The van der Waals surface area contributed by atoms with Crippen molar-refractivity contribution in [1.82, 2.24) is 10.6 Å². The second-order valence-electron chi connectivity index (χ2n) is 6.09. The molecule has 138 valence electrons. The number of aryl methyl sites for hydroxylation is 1. The van der Waals surface area contributed by atoms with Crippen LogP contribution < -0.4 is 15.4 Å². The van der Waals surface area contributed by atoms with E-state index < -0.39 is 6.04 Å². The number of ether oxygens (including phenoxy) is 1. The highest BCUT2D eigenvalue weighted by molar-refractivity contribution is 5.79. The summed E-state index contributed by atoms with van der Waals surface area (Å²) >= 11 is 0. The summed E-state index contributed by atoms with van der Waals surface area (Å²) < 4.78 is 18.4. The predicted molar refractivity (Wildman–Crippen MR) is 97.2 cm³/mol. The molecule has 0 spiro atoms. The molecule has 2 aromatic carbocycles. The Kier molecular flexibility index (Phi) is 6.72. The second kappa shape index (κ2) is 8.99.